The number of hydrogen-bond donors (Lipinski definition) is 0. The summed E-state index contributed by atoms with van der Waals surface area (Å²) in [5.74, 6) is 1.90. The molecule has 0 N–H and O–H groups in total. The standard InChI is InChI=1S/C20H23N5O/c21-13-17-5-3-7-19(23-17)25-11-12-26-16-20(15-25)8-4-10-24(14-20)18-6-1-2-9-22-18/h1-3,5-7,9H,4,8,10-12,14-16H2. The molecule has 1 unspecified atom stereocenters. The Morgan fingerprint density at radius 2 is 1.88 bits per heavy atom. The summed E-state index contributed by atoms with van der Waals surface area (Å²) in [6.45, 7) is 5.08. The zero-order valence-electron chi connectivity index (χ0n) is 14.8. The van der Waals surface area contributed by atoms with Crippen LogP contribution in [-0.4, -0.2) is 49.4 Å². The molecule has 0 saturated carbocycles. The molecule has 0 radical (unpaired) electrons. The summed E-state index contributed by atoms with van der Waals surface area (Å²) >= 11 is 0. The van der Waals surface area contributed by atoms with E-state index in [1.165, 1.54) is 0 Å². The molecule has 2 aromatic heterocycles. The molecule has 2 fully saturated rings. The molecule has 6 heteroatoms. The first-order chi connectivity index (χ1) is 12.8. The van der Waals surface area contributed by atoms with E-state index in [1.807, 2.05) is 30.5 Å². The summed E-state index contributed by atoms with van der Waals surface area (Å²) in [6.07, 6.45) is 4.11. The fraction of sp³-hybridized carbons (Fsp3) is 0.450. The average Bonchev–Trinajstić information content (AvgIpc) is 2.91. The number of nitriles is 1. The second-order valence-corrected chi connectivity index (χ2v) is 7.18. The van der Waals surface area contributed by atoms with E-state index in [0.29, 0.717) is 12.3 Å². The lowest BCUT2D eigenvalue weighted by molar-refractivity contribution is 0.0597. The molecule has 2 aliphatic heterocycles. The molecular weight excluding hydrogens is 326 g/mol. The van der Waals surface area contributed by atoms with E-state index in [4.69, 9.17) is 10.00 Å². The van der Waals surface area contributed by atoms with Crippen molar-refractivity contribution in [1.29, 1.82) is 5.26 Å². The summed E-state index contributed by atoms with van der Waals surface area (Å²) in [6, 6.07) is 13.8. The van der Waals surface area contributed by atoms with Gasteiger partial charge in [-0.05, 0) is 37.1 Å². The van der Waals surface area contributed by atoms with Gasteiger partial charge in [-0.2, -0.15) is 5.26 Å². The van der Waals surface area contributed by atoms with Crippen LogP contribution >= 0.6 is 0 Å². The van der Waals surface area contributed by atoms with Crippen molar-refractivity contribution >= 4 is 11.6 Å². The van der Waals surface area contributed by atoms with Crippen LogP contribution in [0.1, 0.15) is 18.5 Å². The lowest BCUT2D eigenvalue weighted by Gasteiger charge is -2.44. The Morgan fingerprint density at radius 1 is 1.04 bits per heavy atom. The van der Waals surface area contributed by atoms with E-state index in [2.05, 4.69) is 31.9 Å². The first-order valence-corrected chi connectivity index (χ1v) is 9.14. The normalized spacial score (nSPS) is 23.5. The Kier molecular flexibility index (Phi) is 4.72. The number of nitrogens with zero attached hydrogens (tertiary/aromatic N) is 5. The molecule has 0 bridgehead atoms. The molecular formula is C20H23N5O. The molecule has 0 amide bonds. The van der Waals surface area contributed by atoms with Gasteiger partial charge >= 0.3 is 0 Å². The minimum atomic E-state index is 0.0522. The molecule has 2 aliphatic rings. The molecule has 0 aromatic carbocycles. The largest absolute Gasteiger partial charge is 0.379 e. The summed E-state index contributed by atoms with van der Waals surface area (Å²) < 4.78 is 6.00. The lowest BCUT2D eigenvalue weighted by Crippen LogP contribution is -2.51. The summed E-state index contributed by atoms with van der Waals surface area (Å²) in [4.78, 5) is 13.7. The predicted molar refractivity (Wildman–Crippen MR) is 100 cm³/mol. The highest BCUT2D eigenvalue weighted by molar-refractivity contribution is 5.43. The molecule has 1 atom stereocenters. The number of hydrogen-bond acceptors (Lipinski definition) is 6. The van der Waals surface area contributed by atoms with Gasteiger partial charge in [0.25, 0.3) is 0 Å². The van der Waals surface area contributed by atoms with Crippen molar-refractivity contribution in [2.45, 2.75) is 12.8 Å². The summed E-state index contributed by atoms with van der Waals surface area (Å²) in [7, 11) is 0. The molecule has 26 heavy (non-hydrogen) atoms. The van der Waals surface area contributed by atoms with Crippen LogP contribution in [0.3, 0.4) is 0 Å². The van der Waals surface area contributed by atoms with Crippen LogP contribution in [0, 0.1) is 16.7 Å². The predicted octanol–water partition coefficient (Wildman–Crippen LogP) is 2.47. The lowest BCUT2D eigenvalue weighted by atomic mass is 9.80. The Hall–Kier alpha value is -2.65. The first kappa shape index (κ1) is 16.8. The van der Waals surface area contributed by atoms with Crippen molar-refractivity contribution in [3.8, 4) is 6.07 Å². The minimum Gasteiger partial charge on any atom is -0.379 e. The SMILES string of the molecule is N#Cc1cccc(N2CCOCC3(CCCN(c4ccccn4)C3)C2)n1. The molecule has 4 heterocycles. The van der Waals surface area contributed by atoms with Gasteiger partial charge in [-0.3, -0.25) is 0 Å². The highest BCUT2D eigenvalue weighted by atomic mass is 16.5. The van der Waals surface area contributed by atoms with Gasteiger partial charge in [0.1, 0.15) is 23.4 Å². The van der Waals surface area contributed by atoms with Gasteiger partial charge in [-0.1, -0.05) is 12.1 Å². The van der Waals surface area contributed by atoms with Gasteiger partial charge in [0, 0.05) is 37.8 Å². The maximum atomic E-state index is 9.15. The van der Waals surface area contributed by atoms with E-state index in [-0.39, 0.29) is 5.41 Å². The zero-order valence-corrected chi connectivity index (χ0v) is 14.8. The Labute approximate surface area is 154 Å². The van der Waals surface area contributed by atoms with Crippen LogP contribution in [0.4, 0.5) is 11.6 Å². The van der Waals surface area contributed by atoms with Gasteiger partial charge in [0.15, 0.2) is 0 Å². The Morgan fingerprint density at radius 3 is 2.69 bits per heavy atom. The van der Waals surface area contributed by atoms with Gasteiger partial charge < -0.3 is 14.5 Å². The number of pyridine rings is 2. The smallest absolute Gasteiger partial charge is 0.142 e. The summed E-state index contributed by atoms with van der Waals surface area (Å²) in [5.41, 5.74) is 0.511. The van der Waals surface area contributed by atoms with Crippen LogP contribution in [0.5, 0.6) is 0 Å². The molecule has 1 spiro atoms. The maximum absolute atomic E-state index is 9.15. The van der Waals surface area contributed by atoms with Crippen LogP contribution in [-0.2, 0) is 4.74 Å². The second-order valence-electron chi connectivity index (χ2n) is 7.18. The van der Waals surface area contributed by atoms with E-state index in [1.54, 1.807) is 6.07 Å². The van der Waals surface area contributed by atoms with Crippen LogP contribution in [0.25, 0.3) is 0 Å². The quantitative estimate of drug-likeness (QED) is 0.830. The monoisotopic (exact) mass is 349 g/mol. The van der Waals surface area contributed by atoms with Gasteiger partial charge in [0.05, 0.1) is 13.2 Å². The third-order valence-electron chi connectivity index (χ3n) is 5.25. The van der Waals surface area contributed by atoms with Crippen molar-refractivity contribution in [2.75, 3.05) is 49.2 Å². The topological polar surface area (TPSA) is 65.3 Å². The van der Waals surface area contributed by atoms with Crippen molar-refractivity contribution < 1.29 is 4.74 Å². The average molecular weight is 349 g/mol. The first-order valence-electron chi connectivity index (χ1n) is 9.14. The molecule has 2 saturated heterocycles. The van der Waals surface area contributed by atoms with E-state index >= 15 is 0 Å². The van der Waals surface area contributed by atoms with E-state index in [0.717, 1.165) is 57.3 Å². The second kappa shape index (κ2) is 7.30. The zero-order chi connectivity index (χ0) is 17.8. The fourth-order valence-corrected chi connectivity index (χ4v) is 4.04. The summed E-state index contributed by atoms with van der Waals surface area (Å²) in [5, 5.41) is 9.15. The van der Waals surface area contributed by atoms with Crippen LogP contribution in [0.2, 0.25) is 0 Å². The molecule has 4 rings (SSSR count). The Bertz CT molecular complexity index is 790. The Balaban J connectivity index is 1.57. The van der Waals surface area contributed by atoms with Gasteiger partial charge in [-0.15, -0.1) is 0 Å². The van der Waals surface area contributed by atoms with E-state index < -0.39 is 0 Å². The van der Waals surface area contributed by atoms with Gasteiger partial charge in [-0.25, -0.2) is 9.97 Å². The molecule has 2 aromatic rings. The van der Waals surface area contributed by atoms with Crippen LogP contribution < -0.4 is 9.80 Å². The highest BCUT2D eigenvalue weighted by Gasteiger charge is 2.39. The molecule has 6 nitrogen and oxygen atoms in total. The number of anilines is 2. The number of ether oxygens (including phenoxy) is 1. The third-order valence-corrected chi connectivity index (χ3v) is 5.25. The molecule has 134 valence electrons. The van der Waals surface area contributed by atoms with Crippen LogP contribution in [0.15, 0.2) is 42.6 Å². The number of aromatic nitrogens is 2. The van der Waals surface area contributed by atoms with Crippen molar-refractivity contribution in [1.82, 2.24) is 9.97 Å². The molecule has 0 aliphatic carbocycles. The van der Waals surface area contributed by atoms with Crippen molar-refractivity contribution in [3.05, 3.63) is 48.3 Å². The van der Waals surface area contributed by atoms with Gasteiger partial charge in [0.2, 0.25) is 0 Å². The minimum absolute atomic E-state index is 0.0522. The van der Waals surface area contributed by atoms with Crippen molar-refractivity contribution in [3.63, 3.8) is 0 Å². The number of piperidine rings is 1. The maximum Gasteiger partial charge on any atom is 0.142 e. The third kappa shape index (κ3) is 3.49. The van der Waals surface area contributed by atoms with E-state index in [9.17, 15) is 0 Å². The fourth-order valence-electron chi connectivity index (χ4n) is 4.04. The number of rotatable bonds is 2. The van der Waals surface area contributed by atoms with Crippen molar-refractivity contribution in [2.24, 2.45) is 5.41 Å². The highest BCUT2D eigenvalue weighted by Crippen LogP contribution is 2.35.